The van der Waals surface area contributed by atoms with Crippen LogP contribution in [-0.2, 0) is 9.53 Å². The molecule has 2 rings (SSSR count). The Morgan fingerprint density at radius 1 is 1.38 bits per heavy atom. The van der Waals surface area contributed by atoms with Crippen LogP contribution >= 0.6 is 15.9 Å². The number of amides is 1. The highest BCUT2D eigenvalue weighted by Gasteiger charge is 2.29. The first-order valence-corrected chi connectivity index (χ1v) is 7.96. The molecule has 0 spiro atoms. The average molecular weight is 354 g/mol. The second-order valence-electron chi connectivity index (χ2n) is 5.39. The van der Waals surface area contributed by atoms with E-state index in [-0.39, 0.29) is 24.3 Å². The van der Waals surface area contributed by atoms with E-state index in [1.165, 1.54) is 7.11 Å². The molecule has 4 nitrogen and oxygen atoms in total. The fourth-order valence-electron chi connectivity index (χ4n) is 2.70. The lowest BCUT2D eigenvalue weighted by Crippen LogP contribution is -2.44. The van der Waals surface area contributed by atoms with Crippen LogP contribution in [0.1, 0.15) is 41.6 Å². The van der Waals surface area contributed by atoms with Gasteiger partial charge in [-0.15, -0.1) is 0 Å². The van der Waals surface area contributed by atoms with Gasteiger partial charge in [-0.1, -0.05) is 15.9 Å². The quantitative estimate of drug-likeness (QED) is 0.783. The Morgan fingerprint density at radius 3 is 2.81 bits per heavy atom. The van der Waals surface area contributed by atoms with Gasteiger partial charge >= 0.3 is 5.97 Å². The standard InChI is InChI=1S/C16H20BrNO3/c1-11-9-12(6-7-14(11)17)16(20)18-8-4-3-5-13(18)10-15(19)21-2/h6-7,9,13H,3-5,8,10H2,1-2H3. The van der Waals surface area contributed by atoms with E-state index in [1.807, 2.05) is 30.0 Å². The van der Waals surface area contributed by atoms with E-state index in [0.29, 0.717) is 12.1 Å². The van der Waals surface area contributed by atoms with Gasteiger partial charge < -0.3 is 9.64 Å². The SMILES string of the molecule is COC(=O)CC1CCCCN1C(=O)c1ccc(Br)c(C)c1. The van der Waals surface area contributed by atoms with Gasteiger partial charge in [0, 0.05) is 22.6 Å². The molecule has 1 amide bonds. The zero-order valence-electron chi connectivity index (χ0n) is 12.4. The van der Waals surface area contributed by atoms with E-state index in [4.69, 9.17) is 4.74 Å². The van der Waals surface area contributed by atoms with Gasteiger partial charge in [0.25, 0.3) is 5.91 Å². The number of methoxy groups -OCH3 is 1. The highest BCUT2D eigenvalue weighted by Crippen LogP contribution is 2.24. The number of ether oxygens (including phenoxy) is 1. The largest absolute Gasteiger partial charge is 0.469 e. The summed E-state index contributed by atoms with van der Waals surface area (Å²) in [5.41, 5.74) is 1.70. The Bertz CT molecular complexity index is 544. The van der Waals surface area contributed by atoms with Gasteiger partial charge in [0.2, 0.25) is 0 Å². The fourth-order valence-corrected chi connectivity index (χ4v) is 2.95. The molecule has 114 valence electrons. The van der Waals surface area contributed by atoms with Crippen LogP contribution in [0.2, 0.25) is 0 Å². The summed E-state index contributed by atoms with van der Waals surface area (Å²) in [6.07, 6.45) is 3.16. The first-order chi connectivity index (χ1) is 10.0. The fraction of sp³-hybridized carbons (Fsp3) is 0.500. The van der Waals surface area contributed by atoms with Crippen LogP contribution < -0.4 is 0 Å². The third-order valence-corrected chi connectivity index (χ3v) is 4.81. The third-order valence-electron chi connectivity index (χ3n) is 3.92. The first kappa shape index (κ1) is 16.0. The van der Waals surface area contributed by atoms with Gasteiger partial charge in [0.1, 0.15) is 0 Å². The maximum atomic E-state index is 12.7. The highest BCUT2D eigenvalue weighted by molar-refractivity contribution is 9.10. The smallest absolute Gasteiger partial charge is 0.307 e. The van der Waals surface area contributed by atoms with Crippen molar-refractivity contribution in [2.75, 3.05) is 13.7 Å². The molecule has 0 radical (unpaired) electrons. The van der Waals surface area contributed by atoms with Gasteiger partial charge in [-0.25, -0.2) is 0 Å². The average Bonchev–Trinajstić information content (AvgIpc) is 2.49. The predicted octanol–water partition coefficient (Wildman–Crippen LogP) is 3.32. The number of benzene rings is 1. The highest BCUT2D eigenvalue weighted by atomic mass is 79.9. The number of carbonyl (C=O) groups excluding carboxylic acids is 2. The topological polar surface area (TPSA) is 46.6 Å². The van der Waals surface area contributed by atoms with Crippen molar-refractivity contribution in [3.05, 3.63) is 33.8 Å². The molecule has 1 saturated heterocycles. The maximum Gasteiger partial charge on any atom is 0.307 e. The minimum atomic E-state index is -0.258. The molecule has 1 heterocycles. The first-order valence-electron chi connectivity index (χ1n) is 7.17. The number of carbonyl (C=O) groups is 2. The summed E-state index contributed by atoms with van der Waals surface area (Å²) in [5, 5.41) is 0. The van der Waals surface area contributed by atoms with Crippen LogP contribution in [0, 0.1) is 6.92 Å². The Morgan fingerprint density at radius 2 is 2.14 bits per heavy atom. The lowest BCUT2D eigenvalue weighted by atomic mass is 9.98. The van der Waals surface area contributed by atoms with Crippen LogP contribution in [0.5, 0.6) is 0 Å². The number of piperidine rings is 1. The number of hydrogen-bond acceptors (Lipinski definition) is 3. The van der Waals surface area contributed by atoms with Crippen molar-refractivity contribution in [1.29, 1.82) is 0 Å². The Hall–Kier alpha value is -1.36. The minimum absolute atomic E-state index is 0.000738. The molecular weight excluding hydrogens is 334 g/mol. The number of nitrogens with zero attached hydrogens (tertiary/aromatic N) is 1. The van der Waals surface area contributed by atoms with Crippen molar-refractivity contribution in [2.45, 2.75) is 38.6 Å². The van der Waals surface area contributed by atoms with Crippen LogP contribution in [0.3, 0.4) is 0 Å². The molecule has 0 saturated carbocycles. The molecule has 1 aromatic carbocycles. The molecule has 0 aliphatic carbocycles. The lowest BCUT2D eigenvalue weighted by molar-refractivity contribution is -0.142. The number of aryl methyl sites for hydroxylation is 1. The number of halogens is 1. The Kier molecular flexibility index (Phi) is 5.39. The minimum Gasteiger partial charge on any atom is -0.469 e. The molecule has 5 heteroatoms. The number of hydrogen-bond donors (Lipinski definition) is 0. The van der Waals surface area contributed by atoms with Crippen molar-refractivity contribution < 1.29 is 14.3 Å². The summed E-state index contributed by atoms with van der Waals surface area (Å²) in [6, 6.07) is 5.55. The number of rotatable bonds is 3. The molecule has 1 aliphatic heterocycles. The second-order valence-corrected chi connectivity index (χ2v) is 6.25. The zero-order valence-corrected chi connectivity index (χ0v) is 14.0. The maximum absolute atomic E-state index is 12.7. The lowest BCUT2D eigenvalue weighted by Gasteiger charge is -2.35. The molecule has 0 aromatic heterocycles. The summed E-state index contributed by atoms with van der Waals surface area (Å²) in [7, 11) is 1.38. The van der Waals surface area contributed by atoms with E-state index in [1.54, 1.807) is 0 Å². The molecule has 1 aliphatic rings. The molecule has 1 aromatic rings. The van der Waals surface area contributed by atoms with E-state index in [0.717, 1.165) is 29.3 Å². The molecule has 1 fully saturated rings. The van der Waals surface area contributed by atoms with Crippen LogP contribution in [0.15, 0.2) is 22.7 Å². The molecule has 0 N–H and O–H groups in total. The van der Waals surface area contributed by atoms with Crippen molar-refractivity contribution in [2.24, 2.45) is 0 Å². The summed E-state index contributed by atoms with van der Waals surface area (Å²) >= 11 is 3.44. The van der Waals surface area contributed by atoms with E-state index < -0.39 is 0 Å². The Labute approximate surface area is 133 Å². The number of esters is 1. The monoisotopic (exact) mass is 353 g/mol. The number of likely N-dealkylation sites (tertiary alicyclic amines) is 1. The van der Waals surface area contributed by atoms with Crippen LogP contribution in [-0.4, -0.2) is 36.5 Å². The summed E-state index contributed by atoms with van der Waals surface area (Å²) < 4.78 is 5.73. The van der Waals surface area contributed by atoms with Gasteiger partial charge in [-0.05, 0) is 49.9 Å². The summed E-state index contributed by atoms with van der Waals surface area (Å²) in [6.45, 7) is 2.67. The van der Waals surface area contributed by atoms with Crippen LogP contribution in [0.4, 0.5) is 0 Å². The van der Waals surface area contributed by atoms with Crippen molar-refractivity contribution in [1.82, 2.24) is 4.90 Å². The van der Waals surface area contributed by atoms with Crippen molar-refractivity contribution >= 4 is 27.8 Å². The van der Waals surface area contributed by atoms with E-state index >= 15 is 0 Å². The molecule has 1 unspecified atom stereocenters. The van der Waals surface area contributed by atoms with Gasteiger partial charge in [0.05, 0.1) is 13.5 Å². The molecular formula is C16H20BrNO3. The predicted molar refractivity (Wildman–Crippen MR) is 84.2 cm³/mol. The van der Waals surface area contributed by atoms with Crippen molar-refractivity contribution in [3.8, 4) is 0 Å². The van der Waals surface area contributed by atoms with Crippen LogP contribution in [0.25, 0.3) is 0 Å². The Balaban J connectivity index is 2.17. The molecule has 0 bridgehead atoms. The summed E-state index contributed by atoms with van der Waals surface area (Å²) in [4.78, 5) is 26.0. The zero-order chi connectivity index (χ0) is 15.4. The van der Waals surface area contributed by atoms with E-state index in [2.05, 4.69) is 15.9 Å². The van der Waals surface area contributed by atoms with Crippen molar-refractivity contribution in [3.63, 3.8) is 0 Å². The normalized spacial score (nSPS) is 18.4. The van der Waals surface area contributed by atoms with Gasteiger partial charge in [-0.3, -0.25) is 9.59 Å². The van der Waals surface area contributed by atoms with Gasteiger partial charge in [-0.2, -0.15) is 0 Å². The van der Waals surface area contributed by atoms with Gasteiger partial charge in [0.15, 0.2) is 0 Å². The second kappa shape index (κ2) is 7.07. The van der Waals surface area contributed by atoms with E-state index in [9.17, 15) is 9.59 Å². The summed E-state index contributed by atoms with van der Waals surface area (Å²) in [5.74, 6) is -0.258. The molecule has 1 atom stereocenters. The molecule has 21 heavy (non-hydrogen) atoms. The third kappa shape index (κ3) is 3.84.